The maximum atomic E-state index is 13.2. The molecule has 2 atom stereocenters. The van der Waals surface area contributed by atoms with Crippen LogP contribution in [0.3, 0.4) is 0 Å². The van der Waals surface area contributed by atoms with Crippen LogP contribution in [-0.2, 0) is 15.7 Å². The Morgan fingerprint density at radius 3 is 2.65 bits per heavy atom. The molecule has 4 rings (SSSR count). The van der Waals surface area contributed by atoms with Crippen LogP contribution in [0, 0.1) is 0 Å². The van der Waals surface area contributed by atoms with E-state index >= 15 is 0 Å². The van der Waals surface area contributed by atoms with Crippen molar-refractivity contribution in [3.63, 3.8) is 0 Å². The number of morpholine rings is 1. The lowest BCUT2D eigenvalue weighted by Crippen LogP contribution is -2.54. The fourth-order valence-corrected chi connectivity index (χ4v) is 4.01. The van der Waals surface area contributed by atoms with Crippen molar-refractivity contribution in [3.05, 3.63) is 77.9 Å². The molecule has 0 radical (unpaired) electrons. The third-order valence-electron chi connectivity index (χ3n) is 5.58. The molecular weight excluding hydrogens is 405 g/mol. The molecule has 0 aliphatic carbocycles. The number of amides is 1. The average molecular weight is 428 g/mol. The number of benzene rings is 3. The monoisotopic (exact) mass is 428 g/mol. The Morgan fingerprint density at radius 1 is 1.10 bits per heavy atom. The molecule has 162 valence electrons. The zero-order chi connectivity index (χ0) is 22.0. The number of carbonyl (C=O) groups is 1. The Labute approximate surface area is 178 Å². The van der Waals surface area contributed by atoms with Crippen LogP contribution < -0.4 is 10.2 Å². The number of alkyl halides is 3. The Morgan fingerprint density at radius 2 is 1.84 bits per heavy atom. The van der Waals surface area contributed by atoms with Gasteiger partial charge in [-0.15, -0.1) is 0 Å². The molecule has 1 fully saturated rings. The first-order valence-electron chi connectivity index (χ1n) is 10.1. The standard InChI is InChI=1S/C24H23F3N2O2/c1-16(20-11-4-7-17-6-2-3-10-21(17)20)28-23(30)22-15-31-13-12-29(22)19-9-5-8-18(14-19)24(25,26)27/h2-11,14,16,22H,12-13,15H2,1H3,(H,28,30)/t16-,22?/m1/s1. The van der Waals surface area contributed by atoms with E-state index in [1.165, 1.54) is 6.07 Å². The minimum atomic E-state index is -4.44. The molecule has 0 aromatic heterocycles. The second kappa shape index (κ2) is 8.59. The Hall–Kier alpha value is -3.06. The molecule has 0 saturated carbocycles. The second-order valence-corrected chi connectivity index (χ2v) is 7.63. The predicted molar refractivity (Wildman–Crippen MR) is 114 cm³/mol. The SMILES string of the molecule is C[C@@H](NC(=O)C1COCCN1c1cccc(C(F)(F)F)c1)c1cccc2ccccc12. The first-order chi connectivity index (χ1) is 14.8. The number of nitrogens with one attached hydrogen (secondary N) is 1. The van der Waals surface area contributed by atoms with E-state index in [2.05, 4.69) is 5.32 Å². The Bertz CT molecular complexity index is 1080. The van der Waals surface area contributed by atoms with Crippen molar-refractivity contribution >= 4 is 22.4 Å². The average Bonchev–Trinajstić information content (AvgIpc) is 2.78. The third kappa shape index (κ3) is 4.51. The van der Waals surface area contributed by atoms with Gasteiger partial charge in [-0.1, -0.05) is 48.5 Å². The fraction of sp³-hybridized carbons (Fsp3) is 0.292. The van der Waals surface area contributed by atoms with E-state index in [9.17, 15) is 18.0 Å². The smallest absolute Gasteiger partial charge is 0.377 e. The van der Waals surface area contributed by atoms with Crippen molar-refractivity contribution in [3.8, 4) is 0 Å². The van der Waals surface area contributed by atoms with Crippen molar-refractivity contribution in [1.29, 1.82) is 0 Å². The van der Waals surface area contributed by atoms with Crippen molar-refractivity contribution in [1.82, 2.24) is 5.32 Å². The zero-order valence-corrected chi connectivity index (χ0v) is 17.0. The summed E-state index contributed by atoms with van der Waals surface area (Å²) in [5.74, 6) is -0.280. The van der Waals surface area contributed by atoms with Gasteiger partial charge in [0, 0.05) is 12.2 Å². The topological polar surface area (TPSA) is 41.6 Å². The Balaban J connectivity index is 1.56. The highest BCUT2D eigenvalue weighted by Crippen LogP contribution is 2.32. The summed E-state index contributed by atoms with van der Waals surface area (Å²) in [7, 11) is 0. The second-order valence-electron chi connectivity index (χ2n) is 7.63. The summed E-state index contributed by atoms with van der Waals surface area (Å²) in [6, 6.07) is 17.9. The molecule has 7 heteroatoms. The van der Waals surface area contributed by atoms with Gasteiger partial charge in [0.05, 0.1) is 24.8 Å². The van der Waals surface area contributed by atoms with E-state index in [1.807, 2.05) is 49.4 Å². The van der Waals surface area contributed by atoms with Gasteiger partial charge in [0.2, 0.25) is 5.91 Å². The van der Waals surface area contributed by atoms with E-state index in [0.29, 0.717) is 18.8 Å². The van der Waals surface area contributed by atoms with Gasteiger partial charge >= 0.3 is 6.18 Å². The molecule has 1 aliphatic rings. The number of carbonyl (C=O) groups excluding carboxylic acids is 1. The highest BCUT2D eigenvalue weighted by atomic mass is 19.4. The summed E-state index contributed by atoms with van der Waals surface area (Å²) < 4.78 is 45.0. The van der Waals surface area contributed by atoms with Crippen LogP contribution in [0.2, 0.25) is 0 Å². The van der Waals surface area contributed by atoms with Crippen molar-refractivity contribution in [2.45, 2.75) is 25.2 Å². The minimum absolute atomic E-state index is 0.115. The first kappa shape index (κ1) is 21.2. The number of hydrogen-bond acceptors (Lipinski definition) is 3. The van der Waals surface area contributed by atoms with Crippen LogP contribution in [0.5, 0.6) is 0 Å². The maximum Gasteiger partial charge on any atom is 0.416 e. The van der Waals surface area contributed by atoms with E-state index in [1.54, 1.807) is 11.0 Å². The van der Waals surface area contributed by atoms with Crippen LogP contribution >= 0.6 is 0 Å². The number of hydrogen-bond donors (Lipinski definition) is 1. The van der Waals surface area contributed by atoms with E-state index in [-0.39, 0.29) is 18.6 Å². The highest BCUT2D eigenvalue weighted by molar-refractivity contribution is 5.89. The highest BCUT2D eigenvalue weighted by Gasteiger charge is 2.34. The van der Waals surface area contributed by atoms with Crippen molar-refractivity contribution < 1.29 is 22.7 Å². The van der Waals surface area contributed by atoms with Crippen LogP contribution in [0.1, 0.15) is 24.1 Å². The van der Waals surface area contributed by atoms with Crippen LogP contribution in [0.15, 0.2) is 66.7 Å². The van der Waals surface area contributed by atoms with E-state index < -0.39 is 17.8 Å². The molecule has 3 aromatic carbocycles. The van der Waals surface area contributed by atoms with Crippen molar-refractivity contribution in [2.75, 3.05) is 24.7 Å². The summed E-state index contributed by atoms with van der Waals surface area (Å²) >= 11 is 0. The van der Waals surface area contributed by atoms with Gasteiger partial charge in [0.1, 0.15) is 6.04 Å². The Kier molecular flexibility index (Phi) is 5.87. The lowest BCUT2D eigenvalue weighted by atomic mass is 9.99. The van der Waals surface area contributed by atoms with Gasteiger partial charge < -0.3 is 15.0 Å². The maximum absolute atomic E-state index is 13.2. The van der Waals surface area contributed by atoms with Crippen LogP contribution in [0.4, 0.5) is 18.9 Å². The number of nitrogens with zero attached hydrogens (tertiary/aromatic N) is 1. The number of ether oxygens (including phenoxy) is 1. The molecule has 0 spiro atoms. The molecule has 31 heavy (non-hydrogen) atoms. The predicted octanol–water partition coefficient (Wildman–Crippen LogP) is 4.94. The quantitative estimate of drug-likeness (QED) is 0.640. The zero-order valence-electron chi connectivity index (χ0n) is 17.0. The molecule has 1 saturated heterocycles. The molecule has 0 bridgehead atoms. The summed E-state index contributed by atoms with van der Waals surface area (Å²) in [5, 5.41) is 5.14. The number of fused-ring (bicyclic) bond motifs is 1. The first-order valence-corrected chi connectivity index (χ1v) is 10.1. The molecule has 1 amide bonds. The number of halogens is 3. The molecule has 1 heterocycles. The van der Waals surface area contributed by atoms with Gasteiger partial charge in [0.25, 0.3) is 0 Å². The fourth-order valence-electron chi connectivity index (χ4n) is 4.01. The summed E-state index contributed by atoms with van der Waals surface area (Å²) in [6.45, 7) is 2.70. The summed E-state index contributed by atoms with van der Waals surface area (Å²) in [6.07, 6.45) is -4.44. The third-order valence-corrected chi connectivity index (χ3v) is 5.58. The minimum Gasteiger partial charge on any atom is -0.377 e. The van der Waals surface area contributed by atoms with Gasteiger partial charge in [-0.05, 0) is 41.5 Å². The largest absolute Gasteiger partial charge is 0.416 e. The van der Waals surface area contributed by atoms with Gasteiger partial charge in [0.15, 0.2) is 0 Å². The lowest BCUT2D eigenvalue weighted by Gasteiger charge is -2.37. The number of anilines is 1. The van der Waals surface area contributed by atoms with E-state index in [0.717, 1.165) is 28.5 Å². The lowest BCUT2D eigenvalue weighted by molar-refractivity contribution is -0.137. The van der Waals surface area contributed by atoms with Gasteiger partial charge in [-0.25, -0.2) is 0 Å². The molecular formula is C24H23F3N2O2. The van der Waals surface area contributed by atoms with Gasteiger partial charge in [-0.2, -0.15) is 13.2 Å². The normalized spacial score (nSPS) is 18.1. The molecule has 3 aromatic rings. The molecule has 1 aliphatic heterocycles. The molecule has 1 unspecified atom stereocenters. The molecule has 4 nitrogen and oxygen atoms in total. The molecule has 1 N–H and O–H groups in total. The van der Waals surface area contributed by atoms with Gasteiger partial charge in [-0.3, -0.25) is 4.79 Å². The van der Waals surface area contributed by atoms with Crippen molar-refractivity contribution in [2.24, 2.45) is 0 Å². The summed E-state index contributed by atoms with van der Waals surface area (Å²) in [4.78, 5) is 14.8. The number of rotatable bonds is 4. The summed E-state index contributed by atoms with van der Waals surface area (Å²) in [5.41, 5.74) is 0.602. The van der Waals surface area contributed by atoms with E-state index in [4.69, 9.17) is 4.74 Å². The van der Waals surface area contributed by atoms with Crippen LogP contribution in [0.25, 0.3) is 10.8 Å². The van der Waals surface area contributed by atoms with Crippen LogP contribution in [-0.4, -0.2) is 31.7 Å².